The average molecular weight is 485 g/mol. The third-order valence-corrected chi connectivity index (χ3v) is 5.16. The van der Waals surface area contributed by atoms with Gasteiger partial charge in [-0.05, 0) is 48.7 Å². The first kappa shape index (κ1) is 24.8. The van der Waals surface area contributed by atoms with Crippen LogP contribution in [-0.2, 0) is 6.54 Å². The third-order valence-electron chi connectivity index (χ3n) is 4.76. The van der Waals surface area contributed by atoms with Gasteiger partial charge in [-0.25, -0.2) is 14.6 Å². The molecule has 3 rings (SSSR count). The minimum atomic E-state index is -1.13. The van der Waals surface area contributed by atoms with E-state index in [1.54, 1.807) is 24.3 Å². The molecule has 2 aromatic carbocycles. The maximum Gasteiger partial charge on any atom is 0.354 e. The quantitative estimate of drug-likeness (QED) is 0.351. The maximum atomic E-state index is 12.5. The lowest BCUT2D eigenvalue weighted by atomic mass is 10.1. The first-order valence-corrected chi connectivity index (χ1v) is 10.8. The summed E-state index contributed by atoms with van der Waals surface area (Å²) in [6.45, 7) is 4.59. The van der Waals surface area contributed by atoms with Gasteiger partial charge in [0.05, 0.1) is 5.69 Å². The van der Waals surface area contributed by atoms with Crippen LogP contribution in [0.15, 0.2) is 48.7 Å². The Balaban J connectivity index is 1.62. The number of carboxylic acids is 1. The molecule has 178 valence electrons. The van der Waals surface area contributed by atoms with Gasteiger partial charge in [-0.2, -0.15) is 0 Å². The molecule has 34 heavy (non-hydrogen) atoms. The number of nitrogens with one attached hydrogen (secondary N) is 2. The SMILES string of the molecule is Cc1cc(NC(=O)NCc2ccc(Oc3ccnc(C(=O)O)c3)c(C)c2)c(OCCN)cc1Cl. The van der Waals surface area contributed by atoms with Crippen LogP contribution in [-0.4, -0.2) is 35.2 Å². The molecule has 5 N–H and O–H groups in total. The first-order chi connectivity index (χ1) is 16.3. The molecule has 0 atom stereocenters. The number of benzene rings is 2. The number of hydrogen-bond acceptors (Lipinski definition) is 6. The van der Waals surface area contributed by atoms with Gasteiger partial charge in [0.2, 0.25) is 0 Å². The van der Waals surface area contributed by atoms with Crippen LogP contribution in [0.3, 0.4) is 0 Å². The number of halogens is 1. The highest BCUT2D eigenvalue weighted by atomic mass is 35.5. The zero-order valence-electron chi connectivity index (χ0n) is 18.7. The predicted molar refractivity (Wildman–Crippen MR) is 129 cm³/mol. The maximum absolute atomic E-state index is 12.5. The number of aryl methyl sites for hydroxylation is 2. The van der Waals surface area contributed by atoms with Crippen LogP contribution in [0.25, 0.3) is 0 Å². The summed E-state index contributed by atoms with van der Waals surface area (Å²) in [7, 11) is 0. The van der Waals surface area contributed by atoms with Crippen molar-refractivity contribution >= 4 is 29.3 Å². The van der Waals surface area contributed by atoms with E-state index in [9.17, 15) is 9.59 Å². The minimum absolute atomic E-state index is 0.102. The van der Waals surface area contributed by atoms with Crippen LogP contribution in [0, 0.1) is 13.8 Å². The lowest BCUT2D eigenvalue weighted by molar-refractivity contribution is 0.0690. The largest absolute Gasteiger partial charge is 0.490 e. The van der Waals surface area contributed by atoms with E-state index in [1.807, 2.05) is 26.0 Å². The first-order valence-electron chi connectivity index (χ1n) is 10.4. The standard InChI is InChI=1S/C24H25ClN4O5/c1-14-10-19(22(12-18(14)25)33-8-6-26)29-24(32)28-13-16-3-4-21(15(2)9-16)34-17-5-7-27-20(11-17)23(30)31/h3-5,7,9-12H,6,8,13,26H2,1-2H3,(H,30,31)(H2,28,29,32). The Bertz CT molecular complexity index is 1200. The van der Waals surface area contributed by atoms with Gasteiger partial charge in [0.1, 0.15) is 23.9 Å². The van der Waals surface area contributed by atoms with Crippen LogP contribution in [0.1, 0.15) is 27.2 Å². The van der Waals surface area contributed by atoms with E-state index >= 15 is 0 Å². The van der Waals surface area contributed by atoms with Gasteiger partial charge in [0.25, 0.3) is 0 Å². The molecule has 0 bridgehead atoms. The second kappa shape index (κ2) is 11.4. The summed E-state index contributed by atoms with van der Waals surface area (Å²) >= 11 is 6.16. The van der Waals surface area contributed by atoms with Crippen LogP contribution in [0.2, 0.25) is 5.02 Å². The molecular formula is C24H25ClN4O5. The van der Waals surface area contributed by atoms with E-state index in [1.165, 1.54) is 12.3 Å². The number of carbonyl (C=O) groups is 2. The van der Waals surface area contributed by atoms with Crippen molar-refractivity contribution in [3.8, 4) is 17.2 Å². The molecule has 0 unspecified atom stereocenters. The number of anilines is 1. The lowest BCUT2D eigenvalue weighted by Gasteiger charge is -2.15. The predicted octanol–water partition coefficient (Wildman–Crippen LogP) is 4.50. The number of aromatic nitrogens is 1. The number of hydrogen-bond donors (Lipinski definition) is 4. The normalized spacial score (nSPS) is 10.5. The summed E-state index contributed by atoms with van der Waals surface area (Å²) in [5, 5.41) is 15.2. The number of amides is 2. The van der Waals surface area contributed by atoms with E-state index in [0.29, 0.717) is 41.1 Å². The monoisotopic (exact) mass is 484 g/mol. The van der Waals surface area contributed by atoms with Crippen molar-refractivity contribution in [2.45, 2.75) is 20.4 Å². The molecule has 0 saturated heterocycles. The molecule has 0 aliphatic rings. The molecular weight excluding hydrogens is 460 g/mol. The number of nitrogens with zero attached hydrogens (tertiary/aromatic N) is 1. The number of pyridine rings is 1. The highest BCUT2D eigenvalue weighted by molar-refractivity contribution is 6.31. The summed E-state index contributed by atoms with van der Waals surface area (Å²) in [6, 6.07) is 11.3. The topological polar surface area (TPSA) is 136 Å². The van der Waals surface area contributed by atoms with E-state index in [2.05, 4.69) is 15.6 Å². The number of nitrogens with two attached hydrogens (primary N) is 1. The molecule has 0 aliphatic heterocycles. The van der Waals surface area contributed by atoms with Crippen LogP contribution in [0.4, 0.5) is 10.5 Å². The number of carboxylic acid groups (broad SMARTS) is 1. The molecule has 1 aromatic heterocycles. The lowest BCUT2D eigenvalue weighted by Crippen LogP contribution is -2.28. The number of urea groups is 1. The number of aromatic carboxylic acids is 1. The molecule has 9 nitrogen and oxygen atoms in total. The molecule has 2 amide bonds. The second-order valence-corrected chi connectivity index (χ2v) is 7.83. The molecule has 10 heteroatoms. The van der Waals surface area contributed by atoms with Gasteiger partial charge in [-0.1, -0.05) is 23.7 Å². The molecule has 0 radical (unpaired) electrons. The molecule has 0 aliphatic carbocycles. The summed E-state index contributed by atoms with van der Waals surface area (Å²) in [5.41, 5.74) is 8.36. The zero-order chi connectivity index (χ0) is 24.7. The van der Waals surface area contributed by atoms with Crippen molar-refractivity contribution in [2.24, 2.45) is 5.73 Å². The fraction of sp³-hybridized carbons (Fsp3) is 0.208. The fourth-order valence-electron chi connectivity index (χ4n) is 3.05. The van der Waals surface area contributed by atoms with Gasteiger partial charge < -0.3 is 30.9 Å². The Morgan fingerprint density at radius 2 is 1.88 bits per heavy atom. The molecule has 0 saturated carbocycles. The van der Waals surface area contributed by atoms with Crippen molar-refractivity contribution in [1.29, 1.82) is 0 Å². The second-order valence-electron chi connectivity index (χ2n) is 7.43. The third kappa shape index (κ3) is 6.60. The summed E-state index contributed by atoms with van der Waals surface area (Å²) in [4.78, 5) is 27.3. The smallest absolute Gasteiger partial charge is 0.354 e. The van der Waals surface area contributed by atoms with Crippen molar-refractivity contribution in [3.63, 3.8) is 0 Å². The van der Waals surface area contributed by atoms with E-state index in [0.717, 1.165) is 16.7 Å². The summed E-state index contributed by atoms with van der Waals surface area (Å²) in [5.74, 6) is 0.241. The molecule has 0 fully saturated rings. The number of carbonyl (C=O) groups excluding carboxylic acids is 1. The molecule has 0 spiro atoms. The minimum Gasteiger partial charge on any atom is -0.490 e. The highest BCUT2D eigenvalue weighted by Crippen LogP contribution is 2.31. The van der Waals surface area contributed by atoms with Crippen LogP contribution >= 0.6 is 11.6 Å². The highest BCUT2D eigenvalue weighted by Gasteiger charge is 2.12. The number of ether oxygens (including phenoxy) is 2. The van der Waals surface area contributed by atoms with Crippen molar-refractivity contribution in [1.82, 2.24) is 10.3 Å². The van der Waals surface area contributed by atoms with Gasteiger partial charge in [-0.3, -0.25) is 0 Å². The Morgan fingerprint density at radius 1 is 1.09 bits per heavy atom. The van der Waals surface area contributed by atoms with Crippen molar-refractivity contribution < 1.29 is 24.2 Å². The van der Waals surface area contributed by atoms with Crippen LogP contribution in [0.5, 0.6) is 17.2 Å². The summed E-state index contributed by atoms with van der Waals surface area (Å²) in [6.07, 6.45) is 1.37. The Kier molecular flexibility index (Phi) is 8.29. The Labute approximate surface area is 201 Å². The van der Waals surface area contributed by atoms with Crippen molar-refractivity contribution in [3.05, 3.63) is 76.1 Å². The van der Waals surface area contributed by atoms with Crippen molar-refractivity contribution in [2.75, 3.05) is 18.5 Å². The van der Waals surface area contributed by atoms with E-state index in [-0.39, 0.29) is 12.2 Å². The van der Waals surface area contributed by atoms with E-state index < -0.39 is 12.0 Å². The number of rotatable bonds is 9. The van der Waals surface area contributed by atoms with Crippen LogP contribution < -0.4 is 25.8 Å². The van der Waals surface area contributed by atoms with Gasteiger partial charge in [-0.15, -0.1) is 0 Å². The fourth-order valence-corrected chi connectivity index (χ4v) is 3.21. The average Bonchev–Trinajstić information content (AvgIpc) is 2.81. The Hall–Kier alpha value is -3.82. The van der Waals surface area contributed by atoms with Gasteiger partial charge in [0.15, 0.2) is 5.69 Å². The zero-order valence-corrected chi connectivity index (χ0v) is 19.5. The summed E-state index contributed by atoms with van der Waals surface area (Å²) < 4.78 is 11.4. The van der Waals surface area contributed by atoms with Gasteiger partial charge >= 0.3 is 12.0 Å². The Morgan fingerprint density at radius 3 is 2.59 bits per heavy atom. The molecule has 3 aromatic rings. The van der Waals surface area contributed by atoms with E-state index in [4.69, 9.17) is 31.9 Å². The molecule has 1 heterocycles. The van der Waals surface area contributed by atoms with Gasteiger partial charge in [0, 0.05) is 36.4 Å².